The normalized spacial score (nSPS) is 16.4. The van der Waals surface area contributed by atoms with Crippen LogP contribution in [0.4, 0.5) is 5.69 Å². The van der Waals surface area contributed by atoms with E-state index in [1.54, 1.807) is 18.2 Å². The fourth-order valence-corrected chi connectivity index (χ4v) is 2.53. The van der Waals surface area contributed by atoms with Gasteiger partial charge in [0.05, 0.1) is 5.69 Å². The van der Waals surface area contributed by atoms with Gasteiger partial charge in [-0.2, -0.15) is 0 Å². The van der Waals surface area contributed by atoms with Gasteiger partial charge in [-0.1, -0.05) is 42.5 Å². The van der Waals surface area contributed by atoms with Crippen LogP contribution in [0.1, 0.15) is 5.56 Å². The van der Waals surface area contributed by atoms with Crippen LogP contribution in [0.3, 0.4) is 0 Å². The number of halogens is 1. The van der Waals surface area contributed by atoms with Gasteiger partial charge < -0.3 is 0 Å². The molecule has 0 atom stereocenters. The minimum atomic E-state index is -0.397. The molecule has 2 amide bonds. The molecule has 0 aliphatic carbocycles. The molecule has 114 valence electrons. The first-order chi connectivity index (χ1) is 11.1. The lowest BCUT2D eigenvalue weighted by Gasteiger charge is -2.14. The lowest BCUT2D eigenvalue weighted by molar-refractivity contribution is -0.117. The topological polar surface area (TPSA) is 49.4 Å². The van der Waals surface area contributed by atoms with Crippen LogP contribution in [-0.4, -0.2) is 11.8 Å². The van der Waals surface area contributed by atoms with E-state index in [2.05, 4.69) is 28.0 Å². The molecule has 0 aromatic heterocycles. The molecule has 0 bridgehead atoms. The Morgan fingerprint density at radius 3 is 2.35 bits per heavy atom. The third kappa shape index (κ3) is 3.50. The zero-order valence-electron chi connectivity index (χ0n) is 12.1. The summed E-state index contributed by atoms with van der Waals surface area (Å²) in [5.74, 6) is -0.750. The quantitative estimate of drug-likeness (QED) is 0.474. The second kappa shape index (κ2) is 6.78. The van der Waals surface area contributed by atoms with Crippen molar-refractivity contribution in [1.29, 1.82) is 0 Å². The van der Waals surface area contributed by atoms with E-state index in [4.69, 9.17) is 0 Å². The molecule has 4 nitrogen and oxygen atoms in total. The minimum absolute atomic E-state index is 0.121. The lowest BCUT2D eigenvalue weighted by atomic mass is 10.2. The molecule has 2 aromatic carbocycles. The van der Waals surface area contributed by atoms with Gasteiger partial charge in [0.1, 0.15) is 5.57 Å². The molecule has 0 saturated carbocycles. The molecule has 0 unspecified atom stereocenters. The van der Waals surface area contributed by atoms with Crippen LogP contribution in [0.25, 0.3) is 6.08 Å². The van der Waals surface area contributed by atoms with Crippen LogP contribution in [0, 0.1) is 3.57 Å². The Hall–Kier alpha value is -2.41. The number of benzene rings is 2. The molecular formula is C18H13IN2O2. The number of rotatable bonds is 3. The number of carbonyl (C=O) groups excluding carboxylic acids is 2. The average Bonchev–Trinajstić information content (AvgIpc) is 2.85. The Labute approximate surface area is 147 Å². The maximum atomic E-state index is 12.4. The lowest BCUT2D eigenvalue weighted by Crippen LogP contribution is -2.35. The van der Waals surface area contributed by atoms with E-state index in [-0.39, 0.29) is 11.5 Å². The highest BCUT2D eigenvalue weighted by atomic mass is 127. The highest BCUT2D eigenvalue weighted by Gasteiger charge is 2.33. The third-order valence-electron chi connectivity index (χ3n) is 3.33. The maximum Gasteiger partial charge on any atom is 0.282 e. The molecule has 1 aliphatic rings. The van der Waals surface area contributed by atoms with Crippen LogP contribution < -0.4 is 10.4 Å². The zero-order valence-corrected chi connectivity index (χ0v) is 14.2. The van der Waals surface area contributed by atoms with Crippen molar-refractivity contribution in [3.8, 4) is 0 Å². The van der Waals surface area contributed by atoms with Crippen LogP contribution in [0.15, 0.2) is 72.3 Å². The number of carbonyl (C=O) groups is 2. The van der Waals surface area contributed by atoms with Crippen LogP contribution in [0.5, 0.6) is 0 Å². The van der Waals surface area contributed by atoms with Gasteiger partial charge in [-0.25, -0.2) is 5.01 Å². The highest BCUT2D eigenvalue weighted by Crippen LogP contribution is 2.21. The summed E-state index contributed by atoms with van der Waals surface area (Å²) in [5, 5.41) is 1.26. The zero-order chi connectivity index (χ0) is 16.2. The summed E-state index contributed by atoms with van der Waals surface area (Å²) in [6, 6.07) is 17.0. The summed E-state index contributed by atoms with van der Waals surface area (Å²) in [7, 11) is 0. The minimum Gasteiger partial charge on any atom is -0.267 e. The van der Waals surface area contributed by atoms with E-state index in [0.29, 0.717) is 5.69 Å². The first-order valence-corrected chi connectivity index (χ1v) is 8.07. The van der Waals surface area contributed by atoms with Crippen molar-refractivity contribution in [3.05, 3.63) is 81.5 Å². The van der Waals surface area contributed by atoms with Crippen molar-refractivity contribution in [1.82, 2.24) is 5.43 Å². The first-order valence-electron chi connectivity index (χ1n) is 6.99. The van der Waals surface area contributed by atoms with Gasteiger partial charge in [-0.05, 0) is 58.5 Å². The second-order valence-corrected chi connectivity index (χ2v) is 6.15. The van der Waals surface area contributed by atoms with E-state index in [1.165, 1.54) is 11.1 Å². The van der Waals surface area contributed by atoms with Gasteiger partial charge in [0.15, 0.2) is 0 Å². The monoisotopic (exact) mass is 416 g/mol. The molecule has 1 saturated heterocycles. The summed E-state index contributed by atoms with van der Waals surface area (Å²) in [6.45, 7) is 0. The molecule has 1 heterocycles. The highest BCUT2D eigenvalue weighted by molar-refractivity contribution is 14.1. The van der Waals surface area contributed by atoms with Gasteiger partial charge in [0, 0.05) is 3.57 Å². The standard InChI is InChI=1S/C18H13IN2O2/c19-14-9-11-15(12-10-14)21-18(23)16(17(22)20-21)8-4-7-13-5-2-1-3-6-13/h1-12H,(H,20,22)/b7-4+,16-8+. The second-order valence-electron chi connectivity index (χ2n) is 4.91. The fraction of sp³-hybridized carbons (Fsp3) is 0. The maximum absolute atomic E-state index is 12.4. The van der Waals surface area contributed by atoms with Crippen LogP contribution in [0.2, 0.25) is 0 Å². The van der Waals surface area contributed by atoms with Crippen molar-refractivity contribution < 1.29 is 9.59 Å². The number of anilines is 1. The van der Waals surface area contributed by atoms with Crippen LogP contribution in [-0.2, 0) is 9.59 Å². The van der Waals surface area contributed by atoms with Gasteiger partial charge in [0.2, 0.25) is 0 Å². The smallest absolute Gasteiger partial charge is 0.267 e. The molecule has 0 spiro atoms. The molecule has 2 aromatic rings. The fourth-order valence-electron chi connectivity index (χ4n) is 2.17. The molecule has 0 radical (unpaired) electrons. The summed E-state index contributed by atoms with van der Waals surface area (Å²) < 4.78 is 1.06. The number of hydrazine groups is 1. The average molecular weight is 416 g/mol. The molecule has 1 aliphatic heterocycles. The predicted molar refractivity (Wildman–Crippen MR) is 98.3 cm³/mol. The van der Waals surface area contributed by atoms with Gasteiger partial charge >= 0.3 is 0 Å². The van der Waals surface area contributed by atoms with Crippen molar-refractivity contribution in [2.75, 3.05) is 5.01 Å². The van der Waals surface area contributed by atoms with Crippen LogP contribution >= 0.6 is 22.6 Å². The van der Waals surface area contributed by atoms with E-state index >= 15 is 0 Å². The predicted octanol–water partition coefficient (Wildman–Crippen LogP) is 3.31. The number of allylic oxidation sites excluding steroid dienone is 2. The number of nitrogens with one attached hydrogen (secondary N) is 1. The molecular weight excluding hydrogens is 403 g/mol. The van der Waals surface area contributed by atoms with E-state index < -0.39 is 5.91 Å². The molecule has 5 heteroatoms. The number of amides is 2. The SMILES string of the molecule is O=C1NN(c2ccc(I)cc2)C(=O)/C1=C/C=C/c1ccccc1. The summed E-state index contributed by atoms with van der Waals surface area (Å²) >= 11 is 2.19. The van der Waals surface area contributed by atoms with E-state index in [1.807, 2.05) is 48.5 Å². The third-order valence-corrected chi connectivity index (χ3v) is 4.05. The van der Waals surface area contributed by atoms with Crippen molar-refractivity contribution in [2.45, 2.75) is 0 Å². The van der Waals surface area contributed by atoms with Gasteiger partial charge in [-0.3, -0.25) is 15.0 Å². The van der Waals surface area contributed by atoms with Gasteiger partial charge in [0.25, 0.3) is 11.8 Å². The summed E-state index contributed by atoms with van der Waals surface area (Å²) in [6.07, 6.45) is 5.10. The molecule has 1 fully saturated rings. The number of hydrogen-bond donors (Lipinski definition) is 1. The largest absolute Gasteiger partial charge is 0.282 e. The Bertz CT molecular complexity index is 796. The van der Waals surface area contributed by atoms with Gasteiger partial charge in [-0.15, -0.1) is 0 Å². The Kier molecular flexibility index (Phi) is 4.57. The molecule has 23 heavy (non-hydrogen) atoms. The summed E-state index contributed by atoms with van der Waals surface area (Å²) in [5.41, 5.74) is 4.34. The number of hydrogen-bond acceptors (Lipinski definition) is 2. The Morgan fingerprint density at radius 2 is 1.65 bits per heavy atom. The Balaban J connectivity index is 1.80. The van der Waals surface area contributed by atoms with E-state index in [9.17, 15) is 9.59 Å². The number of nitrogens with zero attached hydrogens (tertiary/aromatic N) is 1. The van der Waals surface area contributed by atoms with Crippen molar-refractivity contribution in [3.63, 3.8) is 0 Å². The molecule has 1 N–H and O–H groups in total. The summed E-state index contributed by atoms with van der Waals surface area (Å²) in [4.78, 5) is 24.4. The Morgan fingerprint density at radius 1 is 0.957 bits per heavy atom. The van der Waals surface area contributed by atoms with Crippen molar-refractivity contribution in [2.24, 2.45) is 0 Å². The van der Waals surface area contributed by atoms with Crippen molar-refractivity contribution >= 4 is 46.2 Å². The first kappa shape index (κ1) is 15.5. The molecule has 3 rings (SSSR count). The van der Waals surface area contributed by atoms with E-state index in [0.717, 1.165) is 9.13 Å².